The predicted octanol–water partition coefficient (Wildman–Crippen LogP) is 4.16. The Balaban J connectivity index is 1.70. The Kier molecular flexibility index (Phi) is 3.92. The monoisotopic (exact) mass is 343 g/mol. The number of rotatable bonds is 4. The Labute approximate surface area is 131 Å². The van der Waals surface area contributed by atoms with E-state index in [1.54, 1.807) is 6.07 Å². The SMILES string of the molecule is Oc1cc(Br)ccc1CNc1cc(-c2ccccc2)[nH]n1. The van der Waals surface area contributed by atoms with Gasteiger partial charge < -0.3 is 10.4 Å². The molecule has 0 aliphatic rings. The molecule has 3 N–H and O–H groups in total. The predicted molar refractivity (Wildman–Crippen MR) is 87.2 cm³/mol. The molecule has 0 aliphatic carbocycles. The summed E-state index contributed by atoms with van der Waals surface area (Å²) in [6.07, 6.45) is 0. The first kappa shape index (κ1) is 13.7. The van der Waals surface area contributed by atoms with E-state index in [0.29, 0.717) is 6.54 Å². The summed E-state index contributed by atoms with van der Waals surface area (Å²) in [6.45, 7) is 0.512. The molecule has 1 aromatic heterocycles. The number of aromatic nitrogens is 2. The molecule has 0 fully saturated rings. The number of hydrogen-bond acceptors (Lipinski definition) is 3. The summed E-state index contributed by atoms with van der Waals surface area (Å²) in [7, 11) is 0. The third kappa shape index (κ3) is 3.25. The zero-order valence-electron chi connectivity index (χ0n) is 11.2. The maximum Gasteiger partial charge on any atom is 0.148 e. The Morgan fingerprint density at radius 2 is 1.90 bits per heavy atom. The van der Waals surface area contributed by atoms with E-state index in [4.69, 9.17) is 0 Å². The molecule has 0 unspecified atom stereocenters. The number of H-pyrrole nitrogens is 1. The normalized spacial score (nSPS) is 10.5. The molecule has 4 nitrogen and oxygen atoms in total. The van der Waals surface area contributed by atoms with Crippen LogP contribution in [-0.2, 0) is 6.54 Å². The molecular weight excluding hydrogens is 330 g/mol. The summed E-state index contributed by atoms with van der Waals surface area (Å²) in [6, 6.07) is 17.4. The second-order valence-corrected chi connectivity index (χ2v) is 5.58. The summed E-state index contributed by atoms with van der Waals surface area (Å²) in [5.41, 5.74) is 2.87. The maximum absolute atomic E-state index is 9.85. The first-order valence-electron chi connectivity index (χ1n) is 6.54. The van der Waals surface area contributed by atoms with E-state index >= 15 is 0 Å². The fourth-order valence-electron chi connectivity index (χ4n) is 2.05. The van der Waals surface area contributed by atoms with Gasteiger partial charge in [0.05, 0.1) is 5.69 Å². The molecule has 0 radical (unpaired) electrons. The van der Waals surface area contributed by atoms with Crippen molar-refractivity contribution in [3.8, 4) is 17.0 Å². The number of phenolic OH excluding ortho intramolecular Hbond substituents is 1. The Bertz CT molecular complexity index is 740. The number of anilines is 1. The summed E-state index contributed by atoms with van der Waals surface area (Å²) in [5, 5.41) is 20.3. The first-order valence-corrected chi connectivity index (χ1v) is 7.34. The molecule has 0 bridgehead atoms. The van der Waals surface area contributed by atoms with Crippen molar-refractivity contribution in [2.45, 2.75) is 6.54 Å². The van der Waals surface area contributed by atoms with Gasteiger partial charge in [-0.05, 0) is 17.7 Å². The van der Waals surface area contributed by atoms with Crippen LogP contribution in [0, 0.1) is 0 Å². The second kappa shape index (κ2) is 6.01. The van der Waals surface area contributed by atoms with Gasteiger partial charge in [-0.3, -0.25) is 5.10 Å². The number of benzene rings is 2. The van der Waals surface area contributed by atoms with Crippen LogP contribution in [0.2, 0.25) is 0 Å². The molecule has 0 saturated heterocycles. The van der Waals surface area contributed by atoms with Crippen molar-refractivity contribution in [1.29, 1.82) is 0 Å². The molecule has 5 heteroatoms. The quantitative estimate of drug-likeness (QED) is 0.666. The third-order valence-electron chi connectivity index (χ3n) is 3.17. The topological polar surface area (TPSA) is 60.9 Å². The van der Waals surface area contributed by atoms with Crippen molar-refractivity contribution in [2.75, 3.05) is 5.32 Å². The van der Waals surface area contributed by atoms with Gasteiger partial charge in [-0.25, -0.2) is 0 Å². The van der Waals surface area contributed by atoms with Crippen molar-refractivity contribution in [2.24, 2.45) is 0 Å². The van der Waals surface area contributed by atoms with Gasteiger partial charge in [0.25, 0.3) is 0 Å². The highest BCUT2D eigenvalue weighted by Crippen LogP contribution is 2.24. The number of phenols is 1. The van der Waals surface area contributed by atoms with Crippen molar-refractivity contribution in [3.63, 3.8) is 0 Å². The average molecular weight is 344 g/mol. The van der Waals surface area contributed by atoms with Crippen LogP contribution in [0.15, 0.2) is 59.1 Å². The van der Waals surface area contributed by atoms with Gasteiger partial charge in [0, 0.05) is 22.6 Å². The summed E-state index contributed by atoms with van der Waals surface area (Å²) < 4.78 is 0.856. The fraction of sp³-hybridized carbons (Fsp3) is 0.0625. The van der Waals surface area contributed by atoms with E-state index in [2.05, 4.69) is 31.4 Å². The number of nitrogens with zero attached hydrogens (tertiary/aromatic N) is 1. The van der Waals surface area contributed by atoms with Crippen LogP contribution >= 0.6 is 15.9 Å². The van der Waals surface area contributed by atoms with Crippen LogP contribution in [0.4, 0.5) is 5.82 Å². The zero-order chi connectivity index (χ0) is 14.7. The smallest absolute Gasteiger partial charge is 0.148 e. The zero-order valence-corrected chi connectivity index (χ0v) is 12.8. The number of aromatic amines is 1. The van der Waals surface area contributed by atoms with Gasteiger partial charge in [0.1, 0.15) is 11.6 Å². The molecule has 0 saturated carbocycles. The van der Waals surface area contributed by atoms with Crippen LogP contribution in [0.3, 0.4) is 0 Å². The van der Waals surface area contributed by atoms with Gasteiger partial charge in [-0.1, -0.05) is 52.3 Å². The maximum atomic E-state index is 9.85. The van der Waals surface area contributed by atoms with E-state index in [1.165, 1.54) is 0 Å². The summed E-state index contributed by atoms with van der Waals surface area (Å²) in [4.78, 5) is 0. The van der Waals surface area contributed by atoms with Crippen molar-refractivity contribution < 1.29 is 5.11 Å². The van der Waals surface area contributed by atoms with Gasteiger partial charge in [0.15, 0.2) is 0 Å². The minimum atomic E-state index is 0.260. The highest BCUT2D eigenvalue weighted by Gasteiger charge is 2.05. The summed E-state index contributed by atoms with van der Waals surface area (Å²) in [5.74, 6) is 1.01. The number of nitrogens with one attached hydrogen (secondary N) is 2. The van der Waals surface area contributed by atoms with Gasteiger partial charge >= 0.3 is 0 Å². The fourth-order valence-corrected chi connectivity index (χ4v) is 2.40. The van der Waals surface area contributed by atoms with E-state index in [-0.39, 0.29) is 5.75 Å². The number of halogens is 1. The van der Waals surface area contributed by atoms with Crippen LogP contribution in [0.5, 0.6) is 5.75 Å². The lowest BCUT2D eigenvalue weighted by Gasteiger charge is -2.05. The van der Waals surface area contributed by atoms with Crippen LogP contribution < -0.4 is 5.32 Å². The molecule has 0 spiro atoms. The molecular formula is C16H14BrN3O. The molecule has 2 aromatic carbocycles. The molecule has 1 heterocycles. The second-order valence-electron chi connectivity index (χ2n) is 4.66. The molecule has 3 aromatic rings. The highest BCUT2D eigenvalue weighted by atomic mass is 79.9. The third-order valence-corrected chi connectivity index (χ3v) is 3.66. The highest BCUT2D eigenvalue weighted by molar-refractivity contribution is 9.10. The van der Waals surface area contributed by atoms with E-state index in [1.807, 2.05) is 48.5 Å². The van der Waals surface area contributed by atoms with Gasteiger partial charge in [0.2, 0.25) is 0 Å². The van der Waals surface area contributed by atoms with Crippen molar-refractivity contribution >= 4 is 21.7 Å². The molecule has 0 aliphatic heterocycles. The number of hydrogen-bond donors (Lipinski definition) is 3. The van der Waals surface area contributed by atoms with Gasteiger partial charge in [-0.2, -0.15) is 5.10 Å². The lowest BCUT2D eigenvalue weighted by Crippen LogP contribution is -1.99. The summed E-state index contributed by atoms with van der Waals surface area (Å²) >= 11 is 3.32. The van der Waals surface area contributed by atoms with Crippen molar-refractivity contribution in [3.05, 3.63) is 64.6 Å². The van der Waals surface area contributed by atoms with Crippen LogP contribution in [0.1, 0.15) is 5.56 Å². The van der Waals surface area contributed by atoms with E-state index in [9.17, 15) is 5.11 Å². The van der Waals surface area contributed by atoms with Crippen LogP contribution in [0.25, 0.3) is 11.3 Å². The Morgan fingerprint density at radius 1 is 1.10 bits per heavy atom. The van der Waals surface area contributed by atoms with Crippen molar-refractivity contribution in [1.82, 2.24) is 10.2 Å². The Morgan fingerprint density at radius 3 is 2.67 bits per heavy atom. The average Bonchev–Trinajstić information content (AvgIpc) is 2.96. The lowest BCUT2D eigenvalue weighted by atomic mass is 10.1. The molecule has 106 valence electrons. The van der Waals surface area contributed by atoms with E-state index in [0.717, 1.165) is 27.1 Å². The first-order chi connectivity index (χ1) is 10.2. The molecule has 21 heavy (non-hydrogen) atoms. The van der Waals surface area contributed by atoms with E-state index < -0.39 is 0 Å². The van der Waals surface area contributed by atoms with Gasteiger partial charge in [-0.15, -0.1) is 0 Å². The molecule has 0 amide bonds. The number of aromatic hydroxyl groups is 1. The minimum Gasteiger partial charge on any atom is -0.508 e. The lowest BCUT2D eigenvalue weighted by molar-refractivity contribution is 0.468. The largest absolute Gasteiger partial charge is 0.508 e. The minimum absolute atomic E-state index is 0.260. The van der Waals surface area contributed by atoms with Crippen LogP contribution in [-0.4, -0.2) is 15.3 Å². The Hall–Kier alpha value is -2.27. The molecule has 3 rings (SSSR count). The molecule has 0 atom stereocenters. The standard InChI is InChI=1S/C16H14BrN3O/c17-13-7-6-12(15(21)8-13)10-18-16-9-14(19-20-16)11-4-2-1-3-5-11/h1-9,21H,10H2,(H2,18,19,20).